The Morgan fingerprint density at radius 1 is 1.48 bits per heavy atom. The molecule has 0 N–H and O–H groups in total. The molecule has 21 heavy (non-hydrogen) atoms. The number of benzene rings is 1. The molecule has 1 aromatic carbocycles. The first-order valence-electron chi connectivity index (χ1n) is 6.32. The third-order valence-corrected chi connectivity index (χ3v) is 3.26. The molecule has 0 aliphatic carbocycles. The van der Waals surface area contributed by atoms with Gasteiger partial charge in [-0.15, -0.1) is 5.10 Å². The SMILES string of the molecule is CC(c1ccc(F)cc1)N(C)C(=O)Cn1cnc(C#N)n1. The van der Waals surface area contributed by atoms with Crippen LogP contribution in [0.3, 0.4) is 0 Å². The van der Waals surface area contributed by atoms with Crippen LogP contribution in [0.4, 0.5) is 4.39 Å². The highest BCUT2D eigenvalue weighted by molar-refractivity contribution is 5.76. The summed E-state index contributed by atoms with van der Waals surface area (Å²) in [6, 6.07) is 7.62. The Balaban J connectivity index is 2.04. The average molecular weight is 287 g/mol. The Labute approximate surface area is 121 Å². The third-order valence-electron chi connectivity index (χ3n) is 3.26. The van der Waals surface area contributed by atoms with Gasteiger partial charge in [0.25, 0.3) is 5.82 Å². The van der Waals surface area contributed by atoms with Crippen LogP contribution in [0.2, 0.25) is 0 Å². The predicted octanol–water partition coefficient (Wildman–Crippen LogP) is 1.51. The highest BCUT2D eigenvalue weighted by Gasteiger charge is 2.18. The number of nitrogens with zero attached hydrogens (tertiary/aromatic N) is 5. The van der Waals surface area contributed by atoms with E-state index < -0.39 is 0 Å². The van der Waals surface area contributed by atoms with Crippen molar-refractivity contribution in [3.63, 3.8) is 0 Å². The van der Waals surface area contributed by atoms with E-state index in [-0.39, 0.29) is 30.1 Å². The maximum absolute atomic E-state index is 12.9. The minimum absolute atomic E-state index is 0.00326. The maximum Gasteiger partial charge on any atom is 0.252 e. The molecule has 1 amide bonds. The van der Waals surface area contributed by atoms with E-state index in [9.17, 15) is 9.18 Å². The Hall–Kier alpha value is -2.75. The van der Waals surface area contributed by atoms with Crippen molar-refractivity contribution in [2.45, 2.75) is 19.5 Å². The van der Waals surface area contributed by atoms with Crippen LogP contribution in [0.15, 0.2) is 30.6 Å². The number of likely N-dealkylation sites (N-methyl/N-ethyl adjacent to an activating group) is 1. The second kappa shape index (κ2) is 6.13. The van der Waals surface area contributed by atoms with Gasteiger partial charge in [0.05, 0.1) is 6.04 Å². The van der Waals surface area contributed by atoms with Crippen LogP contribution in [0, 0.1) is 17.1 Å². The van der Waals surface area contributed by atoms with E-state index in [2.05, 4.69) is 10.1 Å². The number of nitriles is 1. The van der Waals surface area contributed by atoms with Crippen LogP contribution in [-0.4, -0.2) is 32.6 Å². The molecule has 1 aromatic heterocycles. The number of carbonyl (C=O) groups is 1. The molecule has 0 saturated carbocycles. The summed E-state index contributed by atoms with van der Waals surface area (Å²) in [5.41, 5.74) is 0.837. The van der Waals surface area contributed by atoms with E-state index in [0.717, 1.165) is 5.56 Å². The Kier molecular flexibility index (Phi) is 4.28. The molecule has 2 aromatic rings. The summed E-state index contributed by atoms with van der Waals surface area (Å²) in [4.78, 5) is 17.5. The van der Waals surface area contributed by atoms with Gasteiger partial charge in [-0.1, -0.05) is 12.1 Å². The van der Waals surface area contributed by atoms with E-state index in [1.807, 2.05) is 6.92 Å². The number of halogens is 1. The topological polar surface area (TPSA) is 74.8 Å². The number of hydrogen-bond acceptors (Lipinski definition) is 4. The van der Waals surface area contributed by atoms with Crippen molar-refractivity contribution < 1.29 is 9.18 Å². The summed E-state index contributed by atoms with van der Waals surface area (Å²) in [5, 5.41) is 12.5. The second-order valence-electron chi connectivity index (χ2n) is 4.61. The van der Waals surface area contributed by atoms with Crippen LogP contribution in [0.25, 0.3) is 0 Å². The smallest absolute Gasteiger partial charge is 0.252 e. The summed E-state index contributed by atoms with van der Waals surface area (Å²) in [6.07, 6.45) is 1.34. The van der Waals surface area contributed by atoms with Gasteiger partial charge in [-0.2, -0.15) is 5.26 Å². The van der Waals surface area contributed by atoms with E-state index >= 15 is 0 Å². The quantitative estimate of drug-likeness (QED) is 0.854. The van der Waals surface area contributed by atoms with Crippen LogP contribution in [0.5, 0.6) is 0 Å². The number of carbonyl (C=O) groups excluding carboxylic acids is 1. The minimum Gasteiger partial charge on any atom is -0.337 e. The average Bonchev–Trinajstić information content (AvgIpc) is 2.94. The van der Waals surface area contributed by atoms with Crippen molar-refractivity contribution in [3.05, 3.63) is 47.8 Å². The van der Waals surface area contributed by atoms with Crippen LogP contribution in [0.1, 0.15) is 24.4 Å². The molecular formula is C14H14FN5O. The lowest BCUT2D eigenvalue weighted by Crippen LogP contribution is -2.32. The van der Waals surface area contributed by atoms with Gasteiger partial charge in [0, 0.05) is 7.05 Å². The summed E-state index contributed by atoms with van der Waals surface area (Å²) in [6.45, 7) is 1.85. The zero-order valence-corrected chi connectivity index (χ0v) is 11.7. The molecule has 0 spiro atoms. The fraction of sp³-hybridized carbons (Fsp3) is 0.286. The predicted molar refractivity (Wildman–Crippen MR) is 72.3 cm³/mol. The van der Waals surface area contributed by atoms with E-state index in [4.69, 9.17) is 5.26 Å². The van der Waals surface area contributed by atoms with Crippen LogP contribution < -0.4 is 0 Å². The van der Waals surface area contributed by atoms with Gasteiger partial charge >= 0.3 is 0 Å². The van der Waals surface area contributed by atoms with E-state index in [0.29, 0.717) is 0 Å². The highest BCUT2D eigenvalue weighted by Crippen LogP contribution is 2.19. The Bertz CT molecular complexity index is 673. The molecule has 0 fully saturated rings. The highest BCUT2D eigenvalue weighted by atomic mass is 19.1. The lowest BCUT2D eigenvalue weighted by Gasteiger charge is -2.25. The van der Waals surface area contributed by atoms with Gasteiger partial charge in [-0.05, 0) is 24.6 Å². The molecule has 0 aliphatic rings. The largest absolute Gasteiger partial charge is 0.337 e. The molecule has 0 bridgehead atoms. The van der Waals surface area contributed by atoms with E-state index in [1.165, 1.54) is 23.1 Å². The monoisotopic (exact) mass is 287 g/mol. The second-order valence-corrected chi connectivity index (χ2v) is 4.61. The number of hydrogen-bond donors (Lipinski definition) is 0. The molecule has 0 aliphatic heterocycles. The molecule has 108 valence electrons. The molecule has 0 saturated heterocycles. The van der Waals surface area contributed by atoms with Gasteiger partial charge < -0.3 is 4.90 Å². The molecule has 7 heteroatoms. The summed E-state index contributed by atoms with van der Waals surface area (Å²) < 4.78 is 14.2. The van der Waals surface area contributed by atoms with Crippen molar-refractivity contribution in [2.75, 3.05) is 7.05 Å². The van der Waals surface area contributed by atoms with Crippen molar-refractivity contribution >= 4 is 5.91 Å². The number of aromatic nitrogens is 3. The third kappa shape index (κ3) is 3.42. The maximum atomic E-state index is 12.9. The summed E-state index contributed by atoms with van der Waals surface area (Å²) >= 11 is 0. The first-order chi connectivity index (χ1) is 10.0. The lowest BCUT2D eigenvalue weighted by molar-refractivity contribution is -0.132. The Morgan fingerprint density at radius 3 is 2.71 bits per heavy atom. The molecule has 1 heterocycles. The summed E-state index contributed by atoms with van der Waals surface area (Å²) in [5.74, 6) is -0.468. The minimum atomic E-state index is -0.313. The Morgan fingerprint density at radius 2 is 2.14 bits per heavy atom. The molecular weight excluding hydrogens is 273 g/mol. The van der Waals surface area contributed by atoms with Gasteiger partial charge in [0.2, 0.25) is 5.91 Å². The number of rotatable bonds is 4. The molecule has 2 rings (SSSR count). The van der Waals surface area contributed by atoms with Crippen molar-refractivity contribution in [1.29, 1.82) is 5.26 Å². The van der Waals surface area contributed by atoms with Gasteiger partial charge in [0.15, 0.2) is 0 Å². The van der Waals surface area contributed by atoms with Crippen molar-refractivity contribution in [1.82, 2.24) is 19.7 Å². The van der Waals surface area contributed by atoms with Gasteiger partial charge in [0.1, 0.15) is 24.8 Å². The number of amides is 1. The standard InChI is InChI=1S/C14H14FN5O/c1-10(11-3-5-12(15)6-4-11)19(2)14(21)8-20-9-17-13(7-16)18-20/h3-6,9-10H,8H2,1-2H3. The van der Waals surface area contributed by atoms with E-state index in [1.54, 1.807) is 30.1 Å². The normalized spacial score (nSPS) is 11.7. The van der Waals surface area contributed by atoms with Crippen LogP contribution in [-0.2, 0) is 11.3 Å². The van der Waals surface area contributed by atoms with Gasteiger partial charge in [-0.3, -0.25) is 4.79 Å². The van der Waals surface area contributed by atoms with Crippen LogP contribution >= 0.6 is 0 Å². The zero-order valence-electron chi connectivity index (χ0n) is 11.7. The lowest BCUT2D eigenvalue weighted by atomic mass is 10.1. The first-order valence-corrected chi connectivity index (χ1v) is 6.32. The molecule has 1 unspecified atom stereocenters. The molecule has 1 atom stereocenters. The van der Waals surface area contributed by atoms with Crippen molar-refractivity contribution in [2.24, 2.45) is 0 Å². The van der Waals surface area contributed by atoms with Gasteiger partial charge in [-0.25, -0.2) is 14.1 Å². The molecule has 6 nitrogen and oxygen atoms in total. The fourth-order valence-electron chi connectivity index (χ4n) is 1.85. The fourth-order valence-corrected chi connectivity index (χ4v) is 1.85. The summed E-state index contributed by atoms with van der Waals surface area (Å²) in [7, 11) is 1.67. The first kappa shape index (κ1) is 14.7. The molecule has 0 radical (unpaired) electrons. The van der Waals surface area contributed by atoms with Crippen molar-refractivity contribution in [3.8, 4) is 6.07 Å². The zero-order chi connectivity index (χ0) is 15.4.